The van der Waals surface area contributed by atoms with Crippen LogP contribution in [0.15, 0.2) is 30.5 Å². The number of aryl methyl sites for hydroxylation is 2. The number of rotatable bonds is 2. The highest BCUT2D eigenvalue weighted by atomic mass is 35.5. The van der Waals surface area contributed by atoms with Crippen LogP contribution in [0.25, 0.3) is 11.3 Å². The average molecular weight is 407 g/mol. The van der Waals surface area contributed by atoms with Crippen molar-refractivity contribution in [2.75, 3.05) is 26.2 Å². The van der Waals surface area contributed by atoms with Crippen LogP contribution in [0.3, 0.4) is 0 Å². The number of benzene rings is 1. The summed E-state index contributed by atoms with van der Waals surface area (Å²) in [6.45, 7) is 6.96. The SMILES string of the molecule is Cc1nccc(-c2ccc3c(c2)CCC3N2CC3(CCNCC3)C2)n1.Cl.Cl. The van der Waals surface area contributed by atoms with Gasteiger partial charge in [-0.05, 0) is 74.4 Å². The molecule has 1 N–H and O–H groups in total. The lowest BCUT2D eigenvalue weighted by Crippen LogP contribution is -2.60. The summed E-state index contributed by atoms with van der Waals surface area (Å²) in [6.07, 6.45) is 7.04. The average Bonchev–Trinajstić information content (AvgIpc) is 3.03. The lowest BCUT2D eigenvalue weighted by Gasteiger charge is -2.55. The molecule has 2 aliphatic heterocycles. The number of hydrogen-bond acceptors (Lipinski definition) is 4. The maximum absolute atomic E-state index is 4.58. The van der Waals surface area contributed by atoms with Gasteiger partial charge in [-0.2, -0.15) is 0 Å². The molecule has 2 aromatic rings. The van der Waals surface area contributed by atoms with E-state index in [0.717, 1.165) is 11.5 Å². The molecule has 1 spiro atoms. The molecule has 0 radical (unpaired) electrons. The number of halogens is 2. The molecular formula is C21H28Cl2N4. The fraction of sp³-hybridized carbons (Fsp3) is 0.524. The molecule has 5 rings (SSSR count). The third kappa shape index (κ3) is 3.73. The summed E-state index contributed by atoms with van der Waals surface area (Å²) in [7, 11) is 0. The monoisotopic (exact) mass is 406 g/mol. The Morgan fingerprint density at radius 1 is 1.11 bits per heavy atom. The molecule has 3 heterocycles. The first-order chi connectivity index (χ1) is 12.2. The van der Waals surface area contributed by atoms with Crippen LogP contribution in [0.2, 0.25) is 0 Å². The van der Waals surface area contributed by atoms with E-state index in [1.165, 1.54) is 63.0 Å². The van der Waals surface area contributed by atoms with Gasteiger partial charge < -0.3 is 5.32 Å². The Balaban J connectivity index is 0.00000105. The minimum Gasteiger partial charge on any atom is -0.317 e. The minimum absolute atomic E-state index is 0. The second-order valence-electron chi connectivity index (χ2n) is 8.11. The molecule has 1 aliphatic carbocycles. The molecule has 2 saturated heterocycles. The topological polar surface area (TPSA) is 41.1 Å². The zero-order valence-electron chi connectivity index (χ0n) is 15.8. The van der Waals surface area contributed by atoms with Gasteiger partial charge in [0.05, 0.1) is 5.69 Å². The number of nitrogens with one attached hydrogen (secondary N) is 1. The maximum atomic E-state index is 4.58. The smallest absolute Gasteiger partial charge is 0.125 e. The van der Waals surface area contributed by atoms with Gasteiger partial charge in [0.15, 0.2) is 0 Å². The number of hydrogen-bond donors (Lipinski definition) is 1. The summed E-state index contributed by atoms with van der Waals surface area (Å²) in [5, 5.41) is 3.50. The van der Waals surface area contributed by atoms with Crippen molar-refractivity contribution in [2.24, 2.45) is 5.41 Å². The Bertz CT molecular complexity index is 797. The van der Waals surface area contributed by atoms with Crippen molar-refractivity contribution >= 4 is 24.8 Å². The van der Waals surface area contributed by atoms with Crippen molar-refractivity contribution in [1.29, 1.82) is 0 Å². The molecule has 27 heavy (non-hydrogen) atoms. The molecular weight excluding hydrogens is 379 g/mol. The van der Waals surface area contributed by atoms with E-state index in [2.05, 4.69) is 38.4 Å². The van der Waals surface area contributed by atoms with E-state index in [1.54, 1.807) is 5.56 Å². The van der Waals surface area contributed by atoms with Crippen LogP contribution in [0.1, 0.15) is 42.3 Å². The summed E-state index contributed by atoms with van der Waals surface area (Å²) < 4.78 is 0. The van der Waals surface area contributed by atoms with Gasteiger partial charge in [0.1, 0.15) is 5.82 Å². The van der Waals surface area contributed by atoms with Gasteiger partial charge in [0, 0.05) is 30.9 Å². The standard InChI is InChI=1S/C21H26N4.2ClH/c1-15-23-9-6-19(24-15)17-2-4-18-16(12-17)3-5-20(18)25-13-21(14-25)7-10-22-11-8-21;;/h2,4,6,9,12,20,22H,3,5,7-8,10-11,13-14H2,1H3;2*1H. The Kier molecular flexibility index (Phi) is 6.11. The van der Waals surface area contributed by atoms with E-state index in [0.29, 0.717) is 11.5 Å². The lowest BCUT2D eigenvalue weighted by atomic mass is 9.71. The zero-order valence-corrected chi connectivity index (χ0v) is 17.4. The number of piperidine rings is 1. The van der Waals surface area contributed by atoms with E-state index < -0.39 is 0 Å². The fourth-order valence-corrected chi connectivity index (χ4v) is 5.06. The fourth-order valence-electron chi connectivity index (χ4n) is 5.06. The van der Waals surface area contributed by atoms with Crippen molar-refractivity contribution in [3.8, 4) is 11.3 Å². The first kappa shape index (κ1) is 20.5. The summed E-state index contributed by atoms with van der Waals surface area (Å²) in [5.41, 5.74) is 5.95. The molecule has 0 amide bonds. The summed E-state index contributed by atoms with van der Waals surface area (Å²) in [5.74, 6) is 0.837. The van der Waals surface area contributed by atoms with Crippen LogP contribution in [-0.4, -0.2) is 41.0 Å². The molecule has 1 atom stereocenters. The number of likely N-dealkylation sites (tertiary alicyclic amines) is 1. The van der Waals surface area contributed by atoms with Crippen molar-refractivity contribution in [3.63, 3.8) is 0 Å². The lowest BCUT2D eigenvalue weighted by molar-refractivity contribution is -0.0512. The first-order valence-corrected chi connectivity index (χ1v) is 9.60. The summed E-state index contributed by atoms with van der Waals surface area (Å²) >= 11 is 0. The summed E-state index contributed by atoms with van der Waals surface area (Å²) in [4.78, 5) is 11.5. The van der Waals surface area contributed by atoms with Gasteiger partial charge in [-0.15, -0.1) is 24.8 Å². The Labute approximate surface area is 174 Å². The summed E-state index contributed by atoms with van der Waals surface area (Å²) in [6, 6.07) is 9.61. The maximum Gasteiger partial charge on any atom is 0.125 e. The highest BCUT2D eigenvalue weighted by Gasteiger charge is 2.46. The normalized spacial score (nSPS) is 23.1. The molecule has 1 unspecified atom stereocenters. The molecule has 6 heteroatoms. The van der Waals surface area contributed by atoms with Gasteiger partial charge in [-0.3, -0.25) is 4.90 Å². The van der Waals surface area contributed by atoms with Crippen LogP contribution in [0.5, 0.6) is 0 Å². The van der Waals surface area contributed by atoms with Gasteiger partial charge in [0.2, 0.25) is 0 Å². The van der Waals surface area contributed by atoms with Crippen molar-refractivity contribution in [2.45, 2.75) is 38.6 Å². The molecule has 0 saturated carbocycles. The van der Waals surface area contributed by atoms with Gasteiger partial charge >= 0.3 is 0 Å². The second kappa shape index (κ2) is 8.04. The largest absolute Gasteiger partial charge is 0.317 e. The first-order valence-electron chi connectivity index (χ1n) is 9.60. The molecule has 146 valence electrons. The molecule has 1 aromatic heterocycles. The second-order valence-corrected chi connectivity index (χ2v) is 8.11. The quantitative estimate of drug-likeness (QED) is 0.818. The Morgan fingerprint density at radius 2 is 1.89 bits per heavy atom. The van der Waals surface area contributed by atoms with E-state index in [1.807, 2.05) is 19.2 Å². The van der Waals surface area contributed by atoms with Gasteiger partial charge in [-0.25, -0.2) is 9.97 Å². The zero-order chi connectivity index (χ0) is 16.9. The van der Waals surface area contributed by atoms with E-state index in [4.69, 9.17) is 0 Å². The van der Waals surface area contributed by atoms with Crippen molar-refractivity contribution in [1.82, 2.24) is 20.2 Å². The number of fused-ring (bicyclic) bond motifs is 1. The van der Waals surface area contributed by atoms with E-state index in [9.17, 15) is 0 Å². The Hall–Kier alpha value is -1.20. The van der Waals surface area contributed by atoms with Crippen molar-refractivity contribution < 1.29 is 0 Å². The third-order valence-electron chi connectivity index (χ3n) is 6.44. The van der Waals surface area contributed by atoms with Crippen LogP contribution in [0, 0.1) is 12.3 Å². The van der Waals surface area contributed by atoms with Crippen LogP contribution in [-0.2, 0) is 6.42 Å². The molecule has 3 aliphatic rings. The van der Waals surface area contributed by atoms with Crippen LogP contribution >= 0.6 is 24.8 Å². The van der Waals surface area contributed by atoms with Gasteiger partial charge in [0.25, 0.3) is 0 Å². The highest BCUT2D eigenvalue weighted by molar-refractivity contribution is 5.85. The number of aromatic nitrogens is 2. The van der Waals surface area contributed by atoms with Gasteiger partial charge in [-0.1, -0.05) is 12.1 Å². The molecule has 0 bridgehead atoms. The van der Waals surface area contributed by atoms with E-state index >= 15 is 0 Å². The third-order valence-corrected chi connectivity index (χ3v) is 6.44. The highest BCUT2D eigenvalue weighted by Crippen LogP contribution is 2.47. The molecule has 4 nitrogen and oxygen atoms in total. The molecule has 2 fully saturated rings. The van der Waals surface area contributed by atoms with Crippen LogP contribution in [0.4, 0.5) is 0 Å². The minimum atomic E-state index is 0. The predicted molar refractivity (Wildman–Crippen MR) is 114 cm³/mol. The van der Waals surface area contributed by atoms with E-state index in [-0.39, 0.29) is 24.8 Å². The predicted octanol–water partition coefficient (Wildman–Crippen LogP) is 3.97. The van der Waals surface area contributed by atoms with Crippen LogP contribution < -0.4 is 5.32 Å². The Morgan fingerprint density at radius 3 is 2.63 bits per heavy atom. The van der Waals surface area contributed by atoms with Crippen molar-refractivity contribution in [3.05, 3.63) is 47.4 Å². The number of nitrogens with zero attached hydrogens (tertiary/aromatic N) is 3. The molecule has 1 aromatic carbocycles.